The maximum Gasteiger partial charge on any atom is 0.163 e. The van der Waals surface area contributed by atoms with Gasteiger partial charge in [0.15, 0.2) is 5.78 Å². The van der Waals surface area contributed by atoms with E-state index < -0.39 is 0 Å². The van der Waals surface area contributed by atoms with Crippen LogP contribution in [0.3, 0.4) is 0 Å². The first kappa shape index (κ1) is 19.0. The second kappa shape index (κ2) is 7.08. The minimum atomic E-state index is -0.171. The van der Waals surface area contributed by atoms with E-state index in [0.717, 1.165) is 40.4 Å². The number of rotatable bonds is 2. The lowest BCUT2D eigenvalue weighted by molar-refractivity contribution is -0.118. The second-order valence-electron chi connectivity index (χ2n) is 7.85. The van der Waals surface area contributed by atoms with E-state index >= 15 is 0 Å². The Morgan fingerprint density at radius 2 is 1.67 bits per heavy atom. The van der Waals surface area contributed by atoms with Crippen LogP contribution < -0.4 is 15.4 Å². The fourth-order valence-electron chi connectivity index (χ4n) is 3.94. The van der Waals surface area contributed by atoms with Gasteiger partial charge >= 0.3 is 0 Å². The van der Waals surface area contributed by atoms with Crippen molar-refractivity contribution in [1.82, 2.24) is 0 Å². The van der Waals surface area contributed by atoms with Crippen LogP contribution in [0.25, 0.3) is 0 Å². The number of para-hydroxylation sites is 2. The minimum absolute atomic E-state index is 0. The zero-order chi connectivity index (χ0) is 18.3. The van der Waals surface area contributed by atoms with Crippen molar-refractivity contribution in [2.75, 3.05) is 17.7 Å². The first-order valence-electron chi connectivity index (χ1n) is 9.00. The van der Waals surface area contributed by atoms with E-state index in [1.807, 2.05) is 42.5 Å². The van der Waals surface area contributed by atoms with E-state index in [1.54, 1.807) is 7.11 Å². The molecule has 1 aliphatic heterocycles. The molecule has 27 heavy (non-hydrogen) atoms. The highest BCUT2D eigenvalue weighted by atomic mass is 16.5. The Labute approximate surface area is 159 Å². The molecule has 142 valence electrons. The Hall–Kier alpha value is -2.79. The zero-order valence-electron chi connectivity index (χ0n) is 15.9. The van der Waals surface area contributed by atoms with Crippen molar-refractivity contribution in [3.8, 4) is 5.75 Å². The smallest absolute Gasteiger partial charge is 0.163 e. The minimum Gasteiger partial charge on any atom is -0.497 e. The Morgan fingerprint density at radius 1 is 1.00 bits per heavy atom. The number of hydrogen-bond donors (Lipinski definition) is 2. The summed E-state index contributed by atoms with van der Waals surface area (Å²) in [5.41, 5.74) is 4.93. The summed E-state index contributed by atoms with van der Waals surface area (Å²) in [4.78, 5) is 13.1. The third-order valence-electron chi connectivity index (χ3n) is 5.17. The van der Waals surface area contributed by atoms with Gasteiger partial charge in [0.05, 0.1) is 24.5 Å². The predicted molar refractivity (Wildman–Crippen MR) is 108 cm³/mol. The normalized spacial score (nSPS) is 20.3. The maximum absolute atomic E-state index is 13.1. The topological polar surface area (TPSA) is 81.9 Å². The molecule has 1 atom stereocenters. The van der Waals surface area contributed by atoms with Crippen LogP contribution in [0.2, 0.25) is 0 Å². The lowest BCUT2D eigenvalue weighted by Crippen LogP contribution is -2.31. The molecule has 1 heterocycles. The number of nitrogens with one attached hydrogen (secondary N) is 2. The van der Waals surface area contributed by atoms with Gasteiger partial charge in [-0.05, 0) is 41.7 Å². The lowest BCUT2D eigenvalue weighted by atomic mass is 9.73. The summed E-state index contributed by atoms with van der Waals surface area (Å²) in [5, 5.41) is 7.13. The number of hydrogen-bond acceptors (Lipinski definition) is 4. The molecule has 0 fully saturated rings. The SMILES string of the molecule is COc1ccc([C@@H]2Nc3ccccc3NC3=C2C(=O)CC(C)(C)C3)cc1.O. The zero-order valence-corrected chi connectivity index (χ0v) is 15.9. The monoisotopic (exact) mass is 366 g/mol. The average Bonchev–Trinajstić information content (AvgIpc) is 2.77. The summed E-state index contributed by atoms with van der Waals surface area (Å²) in [5.74, 6) is 1.02. The second-order valence-corrected chi connectivity index (χ2v) is 7.85. The van der Waals surface area contributed by atoms with E-state index in [0.29, 0.717) is 6.42 Å². The van der Waals surface area contributed by atoms with Crippen molar-refractivity contribution in [2.45, 2.75) is 32.7 Å². The van der Waals surface area contributed by atoms with Gasteiger partial charge in [0.2, 0.25) is 0 Å². The highest BCUT2D eigenvalue weighted by Crippen LogP contribution is 2.45. The molecule has 2 aromatic rings. The van der Waals surface area contributed by atoms with Gasteiger partial charge in [0.25, 0.3) is 0 Å². The van der Waals surface area contributed by atoms with Crippen molar-refractivity contribution in [1.29, 1.82) is 0 Å². The number of ether oxygens (including phenoxy) is 1. The van der Waals surface area contributed by atoms with Crippen LogP contribution in [0.4, 0.5) is 11.4 Å². The van der Waals surface area contributed by atoms with Crippen LogP contribution in [-0.4, -0.2) is 18.4 Å². The van der Waals surface area contributed by atoms with E-state index in [-0.39, 0.29) is 22.7 Å². The van der Waals surface area contributed by atoms with Crippen LogP contribution in [0.5, 0.6) is 5.75 Å². The van der Waals surface area contributed by atoms with Crippen LogP contribution in [0.1, 0.15) is 38.3 Å². The largest absolute Gasteiger partial charge is 0.497 e. The number of allylic oxidation sites excluding steroid dienone is 1. The Bertz CT molecular complexity index is 885. The van der Waals surface area contributed by atoms with Crippen molar-refractivity contribution in [3.05, 3.63) is 65.4 Å². The number of methoxy groups -OCH3 is 1. The van der Waals surface area contributed by atoms with Crippen LogP contribution in [0.15, 0.2) is 59.8 Å². The number of anilines is 2. The van der Waals surface area contributed by atoms with Crippen molar-refractivity contribution in [3.63, 3.8) is 0 Å². The van der Waals surface area contributed by atoms with E-state index in [4.69, 9.17) is 4.74 Å². The van der Waals surface area contributed by atoms with Crippen LogP contribution >= 0.6 is 0 Å². The van der Waals surface area contributed by atoms with Gasteiger partial charge < -0.3 is 20.8 Å². The average molecular weight is 366 g/mol. The molecule has 4 N–H and O–H groups in total. The van der Waals surface area contributed by atoms with Crippen molar-refractivity contribution < 1.29 is 15.0 Å². The van der Waals surface area contributed by atoms with Gasteiger partial charge in [-0.1, -0.05) is 38.1 Å². The molecule has 2 aromatic carbocycles. The van der Waals surface area contributed by atoms with Gasteiger partial charge in [-0.2, -0.15) is 0 Å². The van der Waals surface area contributed by atoms with Crippen molar-refractivity contribution in [2.24, 2.45) is 5.41 Å². The summed E-state index contributed by atoms with van der Waals surface area (Å²) < 4.78 is 5.28. The first-order valence-corrected chi connectivity index (χ1v) is 9.00. The number of ketones is 1. The molecule has 0 bridgehead atoms. The van der Waals surface area contributed by atoms with Gasteiger partial charge in [-0.25, -0.2) is 0 Å². The summed E-state index contributed by atoms with van der Waals surface area (Å²) >= 11 is 0. The summed E-state index contributed by atoms with van der Waals surface area (Å²) in [6.07, 6.45) is 1.43. The van der Waals surface area contributed by atoms with E-state index in [1.165, 1.54) is 0 Å². The Kier molecular flexibility index (Phi) is 4.98. The Morgan fingerprint density at radius 3 is 2.33 bits per heavy atom. The lowest BCUT2D eigenvalue weighted by Gasteiger charge is -2.34. The van der Waals surface area contributed by atoms with Gasteiger partial charge in [-0.15, -0.1) is 0 Å². The molecule has 5 heteroatoms. The molecular formula is C22H26N2O3. The number of fused-ring (bicyclic) bond motifs is 1. The molecule has 1 aliphatic carbocycles. The van der Waals surface area contributed by atoms with Crippen LogP contribution in [-0.2, 0) is 4.79 Å². The van der Waals surface area contributed by atoms with E-state index in [9.17, 15) is 4.79 Å². The standard InChI is InChI=1S/C22H24N2O2.H2O/c1-22(2)12-18-20(19(25)13-22)21(14-8-10-15(26-3)11-9-14)24-17-7-5-4-6-16(17)23-18;/h4-11,21,23-24H,12-13H2,1-3H3;1H2/t21-;/m0./s1. The molecule has 0 saturated heterocycles. The van der Waals surface area contributed by atoms with Crippen LogP contribution in [0, 0.1) is 5.41 Å². The van der Waals surface area contributed by atoms with Gasteiger partial charge in [0, 0.05) is 17.7 Å². The van der Waals surface area contributed by atoms with Gasteiger partial charge in [0.1, 0.15) is 5.75 Å². The fourth-order valence-corrected chi connectivity index (χ4v) is 3.94. The molecule has 0 saturated carbocycles. The fraction of sp³-hybridized carbons (Fsp3) is 0.318. The number of carbonyl (C=O) groups excluding carboxylic acids is 1. The number of benzene rings is 2. The quantitative estimate of drug-likeness (QED) is 0.839. The van der Waals surface area contributed by atoms with E-state index in [2.05, 4.69) is 30.5 Å². The molecule has 2 aliphatic rings. The molecule has 0 radical (unpaired) electrons. The summed E-state index contributed by atoms with van der Waals surface area (Å²) in [6, 6.07) is 15.9. The molecule has 0 spiro atoms. The number of Topliss-reactive ketones (excluding diaryl/α,β-unsaturated/α-hetero) is 1. The Balaban J connectivity index is 0.00000210. The maximum atomic E-state index is 13.1. The molecule has 0 aromatic heterocycles. The van der Waals surface area contributed by atoms with Gasteiger partial charge in [-0.3, -0.25) is 4.79 Å². The third-order valence-corrected chi connectivity index (χ3v) is 5.17. The van der Waals surface area contributed by atoms with Crippen molar-refractivity contribution >= 4 is 17.2 Å². The molecule has 0 unspecified atom stereocenters. The first-order chi connectivity index (χ1) is 12.5. The molecule has 0 amide bonds. The summed E-state index contributed by atoms with van der Waals surface area (Å²) in [6.45, 7) is 4.31. The molecule has 4 rings (SSSR count). The third kappa shape index (κ3) is 3.55. The molecule has 5 nitrogen and oxygen atoms in total. The molecular weight excluding hydrogens is 340 g/mol. The highest BCUT2D eigenvalue weighted by molar-refractivity contribution is 6.01. The highest BCUT2D eigenvalue weighted by Gasteiger charge is 2.38. The predicted octanol–water partition coefficient (Wildman–Crippen LogP) is 4.09. The summed E-state index contributed by atoms with van der Waals surface area (Å²) in [7, 11) is 1.66. The number of carbonyl (C=O) groups is 1.